The third-order valence-electron chi connectivity index (χ3n) is 5.37. The summed E-state index contributed by atoms with van der Waals surface area (Å²) >= 11 is 0. The number of nitrogens with zero attached hydrogens (tertiary/aromatic N) is 3. The van der Waals surface area contributed by atoms with Gasteiger partial charge in [0, 0.05) is 36.4 Å². The number of nitrogens with two attached hydrogens (primary N) is 1. The predicted octanol–water partition coefficient (Wildman–Crippen LogP) is 1.17. The maximum Gasteiger partial charge on any atom is 0.245 e. The van der Waals surface area contributed by atoms with Crippen LogP contribution in [0.1, 0.15) is 18.9 Å². The van der Waals surface area contributed by atoms with E-state index in [2.05, 4.69) is 28.2 Å². The molecule has 1 aromatic carbocycles. The Balaban J connectivity index is 1.60. The molecule has 0 radical (unpaired) electrons. The molecule has 3 N–H and O–H groups in total. The third-order valence-corrected chi connectivity index (χ3v) is 5.37. The second-order valence-electron chi connectivity index (χ2n) is 7.71. The molecule has 7 heteroatoms. The molecule has 0 saturated carbocycles. The number of piperidine rings is 1. The van der Waals surface area contributed by atoms with E-state index in [0.717, 1.165) is 24.0 Å². The van der Waals surface area contributed by atoms with Gasteiger partial charge in [-0.3, -0.25) is 9.78 Å². The lowest BCUT2D eigenvalue weighted by Gasteiger charge is -2.41. The summed E-state index contributed by atoms with van der Waals surface area (Å²) < 4.78 is 5.10. The number of hydrogen-bond donors (Lipinski definition) is 2. The van der Waals surface area contributed by atoms with Gasteiger partial charge in [0.1, 0.15) is 11.6 Å². The fourth-order valence-electron chi connectivity index (χ4n) is 3.96. The fourth-order valence-corrected chi connectivity index (χ4v) is 3.96. The summed E-state index contributed by atoms with van der Waals surface area (Å²) in [5.41, 5.74) is 7.49. The van der Waals surface area contributed by atoms with Crippen molar-refractivity contribution >= 4 is 22.5 Å². The number of anilines is 1. The van der Waals surface area contributed by atoms with Gasteiger partial charge in [0.15, 0.2) is 0 Å². The molecule has 4 rings (SSSR count). The standard InChI is InChI=1S/C20H23N5O2/c1-13-7-15(24-19(26)20(22)11-27-12-20)10-25(9-13)17-5-4-14(8-21)18-16(17)3-2-6-23-18/h2-6,13,15H,7,9-12,22H2,1H3,(H,24,26)/t13-,15+/m0/s1. The summed E-state index contributed by atoms with van der Waals surface area (Å²) in [6.07, 6.45) is 2.61. The Morgan fingerprint density at radius 1 is 1.41 bits per heavy atom. The van der Waals surface area contributed by atoms with Crippen molar-refractivity contribution in [2.45, 2.75) is 24.9 Å². The minimum absolute atomic E-state index is 0.0182. The molecule has 2 aromatic rings. The lowest BCUT2D eigenvalue weighted by atomic mass is 9.92. The molecule has 2 aliphatic rings. The highest BCUT2D eigenvalue weighted by Gasteiger charge is 2.43. The van der Waals surface area contributed by atoms with Crippen molar-refractivity contribution < 1.29 is 9.53 Å². The number of pyridine rings is 1. The van der Waals surface area contributed by atoms with Crippen molar-refractivity contribution in [2.75, 3.05) is 31.2 Å². The molecular formula is C20H23N5O2. The Bertz CT molecular complexity index is 918. The van der Waals surface area contributed by atoms with E-state index < -0.39 is 5.54 Å². The van der Waals surface area contributed by atoms with Crippen LogP contribution in [-0.2, 0) is 9.53 Å². The van der Waals surface area contributed by atoms with E-state index in [4.69, 9.17) is 10.5 Å². The number of nitrogens with one attached hydrogen (secondary N) is 1. The molecule has 1 aromatic heterocycles. The molecule has 140 valence electrons. The molecule has 1 amide bonds. The van der Waals surface area contributed by atoms with Crippen LogP contribution in [0, 0.1) is 17.2 Å². The zero-order valence-corrected chi connectivity index (χ0v) is 15.3. The number of amides is 1. The van der Waals surface area contributed by atoms with Gasteiger partial charge in [-0.15, -0.1) is 0 Å². The number of nitriles is 1. The average Bonchev–Trinajstić information content (AvgIpc) is 2.64. The van der Waals surface area contributed by atoms with Crippen molar-refractivity contribution in [3.63, 3.8) is 0 Å². The Labute approximate surface area is 158 Å². The van der Waals surface area contributed by atoms with Gasteiger partial charge in [-0.25, -0.2) is 0 Å². The number of ether oxygens (including phenoxy) is 1. The maximum atomic E-state index is 12.5. The zero-order valence-electron chi connectivity index (χ0n) is 15.3. The van der Waals surface area contributed by atoms with Crippen LogP contribution in [0.2, 0.25) is 0 Å². The first-order chi connectivity index (χ1) is 13.0. The summed E-state index contributed by atoms with van der Waals surface area (Å²) in [7, 11) is 0. The van der Waals surface area contributed by atoms with Crippen molar-refractivity contribution in [2.24, 2.45) is 11.7 Å². The summed E-state index contributed by atoms with van der Waals surface area (Å²) in [6, 6.07) is 9.90. The summed E-state index contributed by atoms with van der Waals surface area (Å²) in [4.78, 5) is 19.1. The first-order valence-corrected chi connectivity index (χ1v) is 9.20. The number of fused-ring (bicyclic) bond motifs is 1. The van der Waals surface area contributed by atoms with Crippen LogP contribution in [0.15, 0.2) is 30.5 Å². The minimum atomic E-state index is -0.892. The zero-order chi connectivity index (χ0) is 19.0. The van der Waals surface area contributed by atoms with Crippen LogP contribution in [0.25, 0.3) is 10.9 Å². The van der Waals surface area contributed by atoms with E-state index in [1.165, 1.54) is 0 Å². The number of aromatic nitrogens is 1. The monoisotopic (exact) mass is 365 g/mol. The van der Waals surface area contributed by atoms with E-state index in [-0.39, 0.29) is 25.2 Å². The van der Waals surface area contributed by atoms with Crippen LogP contribution < -0.4 is 16.0 Å². The Morgan fingerprint density at radius 2 is 2.22 bits per heavy atom. The quantitative estimate of drug-likeness (QED) is 0.846. The molecular weight excluding hydrogens is 342 g/mol. The Kier molecular flexibility index (Phi) is 4.46. The molecule has 2 fully saturated rings. The molecule has 3 heterocycles. The maximum absolute atomic E-state index is 12.5. The highest BCUT2D eigenvalue weighted by atomic mass is 16.5. The predicted molar refractivity (Wildman–Crippen MR) is 102 cm³/mol. The van der Waals surface area contributed by atoms with Crippen molar-refractivity contribution in [3.8, 4) is 6.07 Å². The highest BCUT2D eigenvalue weighted by Crippen LogP contribution is 2.31. The van der Waals surface area contributed by atoms with E-state index in [1.807, 2.05) is 24.3 Å². The molecule has 0 unspecified atom stereocenters. The molecule has 27 heavy (non-hydrogen) atoms. The second kappa shape index (κ2) is 6.80. The van der Waals surface area contributed by atoms with E-state index in [1.54, 1.807) is 6.20 Å². The SMILES string of the molecule is C[C@H]1C[C@@H](NC(=O)C2(N)COC2)CN(c2ccc(C#N)c3ncccc23)C1. The fraction of sp³-hybridized carbons (Fsp3) is 0.450. The number of rotatable bonds is 3. The van der Waals surface area contributed by atoms with Crippen LogP contribution >= 0.6 is 0 Å². The smallest absolute Gasteiger partial charge is 0.245 e. The second-order valence-corrected chi connectivity index (χ2v) is 7.71. The molecule has 2 atom stereocenters. The molecule has 7 nitrogen and oxygen atoms in total. The van der Waals surface area contributed by atoms with Gasteiger partial charge in [0.25, 0.3) is 0 Å². The minimum Gasteiger partial charge on any atom is -0.376 e. The molecule has 2 aliphatic heterocycles. The van der Waals surface area contributed by atoms with Crippen molar-refractivity contribution in [1.29, 1.82) is 5.26 Å². The van der Waals surface area contributed by atoms with Crippen molar-refractivity contribution in [3.05, 3.63) is 36.0 Å². The topological polar surface area (TPSA) is 104 Å². The normalized spacial score (nSPS) is 24.1. The lowest BCUT2D eigenvalue weighted by molar-refractivity contribution is -0.144. The Hall–Kier alpha value is -2.69. The Morgan fingerprint density at radius 3 is 2.93 bits per heavy atom. The van der Waals surface area contributed by atoms with E-state index in [9.17, 15) is 10.1 Å². The molecule has 2 saturated heterocycles. The summed E-state index contributed by atoms with van der Waals surface area (Å²) in [5, 5.41) is 13.4. The van der Waals surface area contributed by atoms with Gasteiger partial charge in [-0.2, -0.15) is 5.26 Å². The van der Waals surface area contributed by atoms with Gasteiger partial charge < -0.3 is 20.7 Å². The van der Waals surface area contributed by atoms with Crippen molar-refractivity contribution in [1.82, 2.24) is 10.3 Å². The molecule has 0 spiro atoms. The van der Waals surface area contributed by atoms with Gasteiger partial charge in [0.2, 0.25) is 5.91 Å². The van der Waals surface area contributed by atoms with Gasteiger partial charge in [0.05, 0.1) is 24.3 Å². The highest BCUT2D eigenvalue weighted by molar-refractivity contribution is 5.95. The largest absolute Gasteiger partial charge is 0.376 e. The molecule has 0 aliphatic carbocycles. The number of hydrogen-bond acceptors (Lipinski definition) is 6. The van der Waals surface area contributed by atoms with Gasteiger partial charge in [-0.05, 0) is 36.6 Å². The number of benzene rings is 1. The van der Waals surface area contributed by atoms with E-state index >= 15 is 0 Å². The van der Waals surface area contributed by atoms with Gasteiger partial charge in [-0.1, -0.05) is 6.92 Å². The lowest BCUT2D eigenvalue weighted by Crippen LogP contribution is -2.68. The van der Waals surface area contributed by atoms with Crippen LogP contribution in [0.4, 0.5) is 5.69 Å². The molecule has 0 bridgehead atoms. The summed E-state index contributed by atoms with van der Waals surface area (Å²) in [5.74, 6) is 0.275. The first-order valence-electron chi connectivity index (χ1n) is 9.20. The van der Waals surface area contributed by atoms with Crippen LogP contribution in [-0.4, -0.2) is 48.8 Å². The third kappa shape index (κ3) is 3.22. The first kappa shape index (κ1) is 17.7. The van der Waals surface area contributed by atoms with Crippen LogP contribution in [0.5, 0.6) is 0 Å². The van der Waals surface area contributed by atoms with Crippen LogP contribution in [0.3, 0.4) is 0 Å². The number of carbonyl (C=O) groups is 1. The average molecular weight is 365 g/mol. The van der Waals surface area contributed by atoms with Gasteiger partial charge >= 0.3 is 0 Å². The van der Waals surface area contributed by atoms with E-state index in [0.29, 0.717) is 23.5 Å². The number of carbonyl (C=O) groups excluding carboxylic acids is 1. The summed E-state index contributed by atoms with van der Waals surface area (Å²) in [6.45, 7) is 4.32.